The molecule has 2 aliphatic rings. The van der Waals surface area contributed by atoms with Gasteiger partial charge >= 0.3 is 0 Å². The Morgan fingerprint density at radius 1 is 1.29 bits per heavy atom. The minimum absolute atomic E-state index is 0.0701. The van der Waals surface area contributed by atoms with Crippen LogP contribution in [0.1, 0.15) is 36.0 Å². The highest BCUT2D eigenvalue weighted by atomic mass is 32.2. The third-order valence-corrected chi connectivity index (χ3v) is 6.53. The molecule has 0 radical (unpaired) electrons. The Bertz CT molecular complexity index is 694. The number of likely N-dealkylation sites (N-methyl/N-ethyl adjacent to an activating group) is 1. The van der Waals surface area contributed by atoms with Crippen LogP contribution >= 0.6 is 0 Å². The van der Waals surface area contributed by atoms with Crippen LogP contribution in [0.15, 0.2) is 29.2 Å². The minimum Gasteiger partial charge on any atom is -0.376 e. The van der Waals surface area contributed by atoms with Crippen molar-refractivity contribution < 1.29 is 17.9 Å². The Hall–Kier alpha value is -1.44. The van der Waals surface area contributed by atoms with E-state index in [1.165, 1.54) is 10.4 Å². The molecule has 2 fully saturated rings. The van der Waals surface area contributed by atoms with Crippen molar-refractivity contribution in [1.82, 2.24) is 9.21 Å². The fourth-order valence-corrected chi connectivity index (χ4v) is 4.59. The van der Waals surface area contributed by atoms with E-state index in [9.17, 15) is 13.2 Å². The van der Waals surface area contributed by atoms with Crippen LogP contribution in [-0.4, -0.2) is 62.9 Å². The van der Waals surface area contributed by atoms with E-state index in [4.69, 9.17) is 4.74 Å². The Kier molecular flexibility index (Phi) is 5.22. The molecule has 2 heterocycles. The van der Waals surface area contributed by atoms with Gasteiger partial charge in [-0.2, -0.15) is 4.31 Å². The zero-order valence-corrected chi connectivity index (χ0v) is 14.8. The van der Waals surface area contributed by atoms with Gasteiger partial charge in [-0.15, -0.1) is 0 Å². The van der Waals surface area contributed by atoms with E-state index < -0.39 is 10.0 Å². The molecule has 1 aromatic rings. The fraction of sp³-hybridized carbons (Fsp3) is 0.588. The molecule has 132 valence electrons. The molecule has 2 aliphatic heterocycles. The molecule has 0 unspecified atom stereocenters. The molecule has 2 saturated heterocycles. The number of ether oxygens (including phenoxy) is 1. The molecular weight excluding hydrogens is 328 g/mol. The molecule has 0 spiro atoms. The first-order chi connectivity index (χ1) is 11.5. The monoisotopic (exact) mass is 352 g/mol. The molecule has 1 amide bonds. The number of carbonyl (C=O) groups excluding carboxylic acids is 1. The first-order valence-electron chi connectivity index (χ1n) is 8.46. The van der Waals surface area contributed by atoms with Gasteiger partial charge in [0.25, 0.3) is 5.91 Å². The number of sulfonamides is 1. The van der Waals surface area contributed by atoms with E-state index in [2.05, 4.69) is 0 Å². The molecule has 0 saturated carbocycles. The van der Waals surface area contributed by atoms with Crippen LogP contribution in [-0.2, 0) is 14.8 Å². The van der Waals surface area contributed by atoms with Gasteiger partial charge in [-0.1, -0.05) is 6.07 Å². The van der Waals surface area contributed by atoms with Gasteiger partial charge in [0.15, 0.2) is 0 Å². The second-order valence-electron chi connectivity index (χ2n) is 6.46. The number of hydrogen-bond donors (Lipinski definition) is 0. The van der Waals surface area contributed by atoms with Crippen LogP contribution in [0.4, 0.5) is 0 Å². The second-order valence-corrected chi connectivity index (χ2v) is 8.40. The Morgan fingerprint density at radius 3 is 2.71 bits per heavy atom. The molecule has 24 heavy (non-hydrogen) atoms. The summed E-state index contributed by atoms with van der Waals surface area (Å²) in [5, 5.41) is 0. The summed E-state index contributed by atoms with van der Waals surface area (Å²) in [6.07, 6.45) is 4.12. The van der Waals surface area contributed by atoms with Crippen LogP contribution < -0.4 is 0 Å². The molecule has 3 rings (SSSR count). The predicted octanol–water partition coefficient (Wildman–Crippen LogP) is 1.72. The summed E-state index contributed by atoms with van der Waals surface area (Å²) < 4.78 is 32.0. The van der Waals surface area contributed by atoms with Gasteiger partial charge in [0, 0.05) is 38.9 Å². The Morgan fingerprint density at radius 2 is 2.08 bits per heavy atom. The minimum atomic E-state index is -3.47. The summed E-state index contributed by atoms with van der Waals surface area (Å²) in [5.74, 6) is -0.176. The van der Waals surface area contributed by atoms with Crippen molar-refractivity contribution in [2.75, 3.05) is 33.3 Å². The molecular formula is C17H24N2O4S. The summed E-state index contributed by atoms with van der Waals surface area (Å²) in [5.41, 5.74) is 0.398. The van der Waals surface area contributed by atoms with Crippen molar-refractivity contribution in [1.29, 1.82) is 0 Å². The highest BCUT2D eigenvalue weighted by Gasteiger charge is 2.30. The van der Waals surface area contributed by atoms with Crippen LogP contribution in [0.2, 0.25) is 0 Å². The summed E-state index contributed by atoms with van der Waals surface area (Å²) in [6.45, 7) is 2.39. The molecule has 6 nitrogen and oxygen atoms in total. The first kappa shape index (κ1) is 17.4. The van der Waals surface area contributed by atoms with Crippen molar-refractivity contribution >= 4 is 15.9 Å². The molecule has 1 atom stereocenters. The summed E-state index contributed by atoms with van der Waals surface area (Å²) in [6, 6.07) is 6.32. The molecule has 0 aromatic heterocycles. The molecule has 0 bridgehead atoms. The van der Waals surface area contributed by atoms with Crippen molar-refractivity contribution in [3.63, 3.8) is 0 Å². The Balaban J connectivity index is 1.71. The highest BCUT2D eigenvalue weighted by Crippen LogP contribution is 2.22. The summed E-state index contributed by atoms with van der Waals surface area (Å²) in [7, 11) is -1.74. The van der Waals surface area contributed by atoms with Gasteiger partial charge in [0.2, 0.25) is 10.0 Å². The van der Waals surface area contributed by atoms with Crippen LogP contribution in [0, 0.1) is 0 Å². The van der Waals surface area contributed by atoms with Gasteiger partial charge < -0.3 is 9.64 Å². The number of carbonyl (C=O) groups is 1. The molecule has 0 aliphatic carbocycles. The zero-order chi connectivity index (χ0) is 17.2. The van der Waals surface area contributed by atoms with E-state index in [1.54, 1.807) is 30.1 Å². The third kappa shape index (κ3) is 3.63. The lowest BCUT2D eigenvalue weighted by molar-refractivity contribution is -0.000192. The smallest absolute Gasteiger partial charge is 0.253 e. The number of hydrogen-bond acceptors (Lipinski definition) is 4. The van der Waals surface area contributed by atoms with Crippen LogP contribution in [0.3, 0.4) is 0 Å². The average molecular weight is 352 g/mol. The van der Waals surface area contributed by atoms with Gasteiger partial charge in [-0.3, -0.25) is 4.79 Å². The lowest BCUT2D eigenvalue weighted by atomic mass is 10.1. The molecule has 1 aromatic carbocycles. The van der Waals surface area contributed by atoms with Crippen molar-refractivity contribution in [2.24, 2.45) is 0 Å². The van der Waals surface area contributed by atoms with Gasteiger partial charge in [-0.05, 0) is 43.9 Å². The standard InChI is InChI=1S/C17H24N2O4S/c1-18(13-15-7-2-3-11-23-15)17(20)14-6-4-8-16(12-14)24(21,22)19-9-5-10-19/h4,6,8,12,15H,2-3,5,7,9-11,13H2,1H3/t15-/m0/s1. The fourth-order valence-electron chi connectivity index (χ4n) is 3.03. The molecule has 7 heteroatoms. The SMILES string of the molecule is CN(C[C@@H]1CCCCO1)C(=O)c1cccc(S(=O)(=O)N2CCC2)c1. The topological polar surface area (TPSA) is 66.9 Å². The van der Waals surface area contributed by atoms with E-state index in [0.29, 0.717) is 25.2 Å². The number of rotatable bonds is 5. The van der Waals surface area contributed by atoms with Crippen LogP contribution in [0.25, 0.3) is 0 Å². The van der Waals surface area contributed by atoms with E-state index >= 15 is 0 Å². The van der Waals surface area contributed by atoms with E-state index in [1.807, 2.05) is 0 Å². The highest BCUT2D eigenvalue weighted by molar-refractivity contribution is 7.89. The zero-order valence-electron chi connectivity index (χ0n) is 14.0. The number of benzene rings is 1. The van der Waals surface area contributed by atoms with Gasteiger partial charge in [0.1, 0.15) is 0 Å². The largest absolute Gasteiger partial charge is 0.376 e. The maximum atomic E-state index is 12.6. The van der Waals surface area contributed by atoms with E-state index in [-0.39, 0.29) is 16.9 Å². The normalized spacial score (nSPS) is 22.0. The third-order valence-electron chi connectivity index (χ3n) is 4.63. The summed E-state index contributed by atoms with van der Waals surface area (Å²) in [4.78, 5) is 14.4. The quantitative estimate of drug-likeness (QED) is 0.809. The van der Waals surface area contributed by atoms with Crippen molar-refractivity contribution in [2.45, 2.75) is 36.7 Å². The number of amides is 1. The van der Waals surface area contributed by atoms with E-state index in [0.717, 1.165) is 32.3 Å². The van der Waals surface area contributed by atoms with Crippen molar-refractivity contribution in [3.05, 3.63) is 29.8 Å². The Labute approximate surface area is 143 Å². The molecule has 0 N–H and O–H groups in total. The number of nitrogens with zero attached hydrogens (tertiary/aromatic N) is 2. The first-order valence-corrected chi connectivity index (χ1v) is 9.90. The average Bonchev–Trinajstić information content (AvgIpc) is 2.53. The van der Waals surface area contributed by atoms with Crippen molar-refractivity contribution in [3.8, 4) is 0 Å². The lowest BCUT2D eigenvalue weighted by Crippen LogP contribution is -2.42. The lowest BCUT2D eigenvalue weighted by Gasteiger charge is -2.30. The van der Waals surface area contributed by atoms with Crippen LogP contribution in [0.5, 0.6) is 0 Å². The predicted molar refractivity (Wildman–Crippen MR) is 90.4 cm³/mol. The maximum absolute atomic E-state index is 12.6. The maximum Gasteiger partial charge on any atom is 0.253 e. The van der Waals surface area contributed by atoms with Gasteiger partial charge in [0.05, 0.1) is 11.0 Å². The summed E-state index contributed by atoms with van der Waals surface area (Å²) >= 11 is 0. The second kappa shape index (κ2) is 7.21. The van der Waals surface area contributed by atoms with Gasteiger partial charge in [-0.25, -0.2) is 8.42 Å².